The third kappa shape index (κ3) is 4.49. The summed E-state index contributed by atoms with van der Waals surface area (Å²) in [6.45, 7) is 4.94. The molecule has 1 unspecified atom stereocenters. The number of aryl methyl sites for hydroxylation is 1. The molecule has 1 aromatic heterocycles. The molecule has 4 rings (SSSR count). The Hall–Kier alpha value is -3.13. The Morgan fingerprint density at radius 2 is 2.13 bits per heavy atom. The Bertz CT molecular complexity index is 1130. The van der Waals surface area contributed by atoms with Crippen molar-refractivity contribution in [2.24, 2.45) is 0 Å². The van der Waals surface area contributed by atoms with Gasteiger partial charge in [0.15, 0.2) is 16.6 Å². The second kappa shape index (κ2) is 8.93. The number of thiazole rings is 1. The molecular weight excluding hydrogens is 414 g/mol. The third-order valence-electron chi connectivity index (χ3n) is 5.37. The highest BCUT2D eigenvalue weighted by molar-refractivity contribution is 7.22. The van der Waals surface area contributed by atoms with Crippen molar-refractivity contribution in [1.29, 1.82) is 0 Å². The summed E-state index contributed by atoms with van der Waals surface area (Å²) in [6, 6.07) is 11.7. The van der Waals surface area contributed by atoms with Gasteiger partial charge in [0.05, 0.1) is 30.5 Å². The van der Waals surface area contributed by atoms with Crippen molar-refractivity contribution in [2.45, 2.75) is 26.2 Å². The molecule has 1 N–H and O–H groups in total. The molecule has 1 fully saturated rings. The number of nitrogens with one attached hydrogen (secondary N) is 1. The molecule has 2 amide bonds. The van der Waals surface area contributed by atoms with E-state index < -0.39 is 0 Å². The molecule has 8 heteroatoms. The van der Waals surface area contributed by atoms with Crippen molar-refractivity contribution >= 4 is 38.5 Å². The van der Waals surface area contributed by atoms with Crippen molar-refractivity contribution in [1.82, 2.24) is 9.88 Å². The number of methoxy groups -OCH3 is 1. The van der Waals surface area contributed by atoms with Crippen LogP contribution < -0.4 is 14.8 Å². The fraction of sp³-hybridized carbons (Fsp3) is 0.348. The van der Waals surface area contributed by atoms with E-state index in [1.54, 1.807) is 12.0 Å². The molecule has 1 atom stereocenters. The van der Waals surface area contributed by atoms with Gasteiger partial charge in [-0.25, -0.2) is 4.98 Å². The Morgan fingerprint density at radius 3 is 2.87 bits per heavy atom. The lowest BCUT2D eigenvalue weighted by Gasteiger charge is -2.17. The van der Waals surface area contributed by atoms with Gasteiger partial charge in [0, 0.05) is 18.9 Å². The van der Waals surface area contributed by atoms with Gasteiger partial charge in [0.2, 0.25) is 11.8 Å². The van der Waals surface area contributed by atoms with Gasteiger partial charge in [-0.1, -0.05) is 29.5 Å². The third-order valence-corrected chi connectivity index (χ3v) is 6.31. The van der Waals surface area contributed by atoms with Crippen LogP contribution in [0.1, 0.15) is 30.4 Å². The predicted molar refractivity (Wildman–Crippen MR) is 121 cm³/mol. The van der Waals surface area contributed by atoms with Gasteiger partial charge in [0.25, 0.3) is 0 Å². The number of aromatic nitrogens is 1. The van der Waals surface area contributed by atoms with Crippen molar-refractivity contribution in [3.05, 3.63) is 47.5 Å². The number of para-hydroxylation sites is 1. The van der Waals surface area contributed by atoms with Gasteiger partial charge < -0.3 is 19.7 Å². The van der Waals surface area contributed by atoms with Crippen LogP contribution in [-0.2, 0) is 9.59 Å². The maximum atomic E-state index is 12.6. The molecule has 1 aliphatic rings. The number of nitrogens with zero attached hydrogens (tertiary/aromatic N) is 2. The van der Waals surface area contributed by atoms with E-state index in [0.29, 0.717) is 36.2 Å². The van der Waals surface area contributed by atoms with E-state index in [4.69, 9.17) is 9.47 Å². The van der Waals surface area contributed by atoms with E-state index in [0.717, 1.165) is 21.3 Å². The smallest absolute Gasteiger partial charge is 0.245 e. The van der Waals surface area contributed by atoms with Gasteiger partial charge in [-0.15, -0.1) is 0 Å². The molecule has 2 aromatic carbocycles. The van der Waals surface area contributed by atoms with Gasteiger partial charge >= 0.3 is 0 Å². The second-order valence-electron chi connectivity index (χ2n) is 7.51. The van der Waals surface area contributed by atoms with E-state index in [1.807, 2.05) is 50.2 Å². The summed E-state index contributed by atoms with van der Waals surface area (Å²) in [5.74, 6) is 1.06. The zero-order valence-corrected chi connectivity index (χ0v) is 18.6. The number of hydrogen-bond acceptors (Lipinski definition) is 6. The number of hydrogen-bond donors (Lipinski definition) is 1. The highest BCUT2D eigenvalue weighted by atomic mass is 32.1. The number of benzene rings is 2. The predicted octanol–water partition coefficient (Wildman–Crippen LogP) is 3.97. The molecule has 0 saturated carbocycles. The Kier molecular flexibility index (Phi) is 6.08. The van der Waals surface area contributed by atoms with E-state index in [2.05, 4.69) is 10.3 Å². The zero-order valence-electron chi connectivity index (χ0n) is 17.8. The Labute approximate surface area is 185 Å². The maximum Gasteiger partial charge on any atom is 0.245 e. The lowest BCUT2D eigenvalue weighted by molar-refractivity contribution is -0.131. The molecule has 31 heavy (non-hydrogen) atoms. The summed E-state index contributed by atoms with van der Waals surface area (Å²) < 4.78 is 12.0. The normalized spacial score (nSPS) is 16.0. The lowest BCUT2D eigenvalue weighted by Crippen LogP contribution is -2.34. The first-order valence-corrected chi connectivity index (χ1v) is 11.0. The van der Waals surface area contributed by atoms with Crippen LogP contribution in [0.2, 0.25) is 0 Å². The van der Waals surface area contributed by atoms with E-state index in [1.165, 1.54) is 11.3 Å². The number of fused-ring (bicyclic) bond motifs is 1. The number of ether oxygens (including phenoxy) is 2. The molecule has 1 saturated heterocycles. The van der Waals surface area contributed by atoms with Crippen LogP contribution in [0.15, 0.2) is 36.4 Å². The van der Waals surface area contributed by atoms with Crippen LogP contribution in [0.4, 0.5) is 5.13 Å². The minimum absolute atomic E-state index is 0.00973. The highest BCUT2D eigenvalue weighted by Gasteiger charge is 2.32. The summed E-state index contributed by atoms with van der Waals surface area (Å²) in [6.07, 6.45) is 0.367. The van der Waals surface area contributed by atoms with Crippen molar-refractivity contribution in [3.8, 4) is 11.5 Å². The van der Waals surface area contributed by atoms with Crippen LogP contribution in [0.25, 0.3) is 10.2 Å². The second-order valence-corrected chi connectivity index (χ2v) is 8.54. The van der Waals surface area contributed by atoms with Crippen molar-refractivity contribution in [2.75, 3.05) is 32.1 Å². The number of amides is 2. The molecule has 0 radical (unpaired) electrons. The first-order valence-electron chi connectivity index (χ1n) is 10.2. The number of anilines is 1. The molecule has 0 spiro atoms. The van der Waals surface area contributed by atoms with E-state index in [-0.39, 0.29) is 24.3 Å². The molecule has 7 nitrogen and oxygen atoms in total. The zero-order chi connectivity index (χ0) is 22.0. The fourth-order valence-corrected chi connectivity index (χ4v) is 4.80. The summed E-state index contributed by atoms with van der Waals surface area (Å²) >= 11 is 1.43. The van der Waals surface area contributed by atoms with Crippen LogP contribution in [-0.4, -0.2) is 48.5 Å². The monoisotopic (exact) mass is 439 g/mol. The standard InChI is InChI=1S/C23H25N3O4S/c1-4-30-18-10-15(8-9-17(18)29-3)16-11-21(28)26(12-16)13-20(27)24-23-25-22-14(2)6-5-7-19(22)31-23/h5-10,16H,4,11-13H2,1-3H3,(H,24,25,27). The number of rotatable bonds is 7. The first kappa shape index (κ1) is 21.1. The van der Waals surface area contributed by atoms with Gasteiger partial charge in [-0.2, -0.15) is 0 Å². The summed E-state index contributed by atoms with van der Waals surface area (Å²) in [5, 5.41) is 3.39. The maximum absolute atomic E-state index is 12.6. The minimum Gasteiger partial charge on any atom is -0.493 e. The Balaban J connectivity index is 1.41. The summed E-state index contributed by atoms with van der Waals surface area (Å²) in [5.41, 5.74) is 2.96. The number of likely N-dealkylation sites (tertiary alicyclic amines) is 1. The average Bonchev–Trinajstić information content (AvgIpc) is 3.32. The molecule has 0 bridgehead atoms. The molecule has 3 aromatic rings. The van der Waals surface area contributed by atoms with Gasteiger partial charge in [-0.3, -0.25) is 9.59 Å². The molecular formula is C23H25N3O4S. The summed E-state index contributed by atoms with van der Waals surface area (Å²) in [7, 11) is 1.60. The Morgan fingerprint density at radius 1 is 1.29 bits per heavy atom. The van der Waals surface area contributed by atoms with E-state index in [9.17, 15) is 9.59 Å². The number of carbonyl (C=O) groups is 2. The van der Waals surface area contributed by atoms with Gasteiger partial charge in [-0.05, 0) is 43.2 Å². The van der Waals surface area contributed by atoms with Crippen molar-refractivity contribution in [3.63, 3.8) is 0 Å². The largest absolute Gasteiger partial charge is 0.493 e. The summed E-state index contributed by atoms with van der Waals surface area (Å²) in [4.78, 5) is 31.2. The fourth-order valence-electron chi connectivity index (χ4n) is 3.84. The molecule has 162 valence electrons. The van der Waals surface area contributed by atoms with Crippen LogP contribution in [0, 0.1) is 6.92 Å². The van der Waals surface area contributed by atoms with Crippen molar-refractivity contribution < 1.29 is 19.1 Å². The lowest BCUT2D eigenvalue weighted by atomic mass is 9.98. The first-order chi connectivity index (χ1) is 15.0. The molecule has 1 aliphatic heterocycles. The average molecular weight is 440 g/mol. The highest BCUT2D eigenvalue weighted by Crippen LogP contribution is 2.35. The van der Waals surface area contributed by atoms with Gasteiger partial charge in [0.1, 0.15) is 0 Å². The molecule has 2 heterocycles. The quantitative estimate of drug-likeness (QED) is 0.603. The van der Waals surface area contributed by atoms with Crippen LogP contribution in [0.5, 0.6) is 11.5 Å². The van der Waals surface area contributed by atoms with Crippen LogP contribution in [0.3, 0.4) is 0 Å². The number of carbonyl (C=O) groups excluding carboxylic acids is 2. The topological polar surface area (TPSA) is 80.8 Å². The SMILES string of the molecule is CCOc1cc(C2CC(=O)N(CC(=O)Nc3nc4c(C)cccc4s3)C2)ccc1OC. The van der Waals surface area contributed by atoms with Crippen LogP contribution >= 0.6 is 11.3 Å². The van der Waals surface area contributed by atoms with E-state index >= 15 is 0 Å². The molecule has 0 aliphatic carbocycles. The minimum atomic E-state index is -0.240.